The molecule has 1 aromatic carbocycles. The Balaban J connectivity index is 1.85. The molecule has 136 valence electrons. The zero-order valence-corrected chi connectivity index (χ0v) is 16.5. The molecule has 4 aromatic rings. The van der Waals surface area contributed by atoms with Gasteiger partial charge in [-0.1, -0.05) is 28.9 Å². The quantitative estimate of drug-likeness (QED) is 0.475. The number of anilines is 1. The zero-order chi connectivity index (χ0) is 19.1. The van der Waals surface area contributed by atoms with Crippen LogP contribution in [0.4, 0.5) is 5.69 Å². The van der Waals surface area contributed by atoms with E-state index in [0.717, 1.165) is 10.4 Å². The Morgan fingerprint density at radius 1 is 1.19 bits per heavy atom. The second-order valence-electron chi connectivity index (χ2n) is 6.26. The standard InChI is InChI=1S/C20H16ClN3O2S/c1-10-8-13(12(3)27-10)17-9-14(18-11(2)24-26-20(18)23-17)19(25)22-16-7-5-4-6-15(16)21/h4-9H,1-3H3,(H,22,25). The molecule has 0 fully saturated rings. The van der Waals surface area contributed by atoms with Gasteiger partial charge in [0.05, 0.1) is 33.0 Å². The summed E-state index contributed by atoms with van der Waals surface area (Å²) in [4.78, 5) is 19.9. The summed E-state index contributed by atoms with van der Waals surface area (Å²) in [5, 5.41) is 7.93. The second kappa shape index (κ2) is 6.79. The van der Waals surface area contributed by atoms with Crippen LogP contribution >= 0.6 is 22.9 Å². The first kappa shape index (κ1) is 17.7. The summed E-state index contributed by atoms with van der Waals surface area (Å²) in [7, 11) is 0. The van der Waals surface area contributed by atoms with Gasteiger partial charge >= 0.3 is 0 Å². The number of hydrogen-bond acceptors (Lipinski definition) is 5. The number of hydrogen-bond donors (Lipinski definition) is 1. The predicted molar refractivity (Wildman–Crippen MR) is 109 cm³/mol. The van der Waals surface area contributed by atoms with Crippen LogP contribution in [0.2, 0.25) is 5.02 Å². The first-order valence-electron chi connectivity index (χ1n) is 8.34. The van der Waals surface area contributed by atoms with E-state index >= 15 is 0 Å². The lowest BCUT2D eigenvalue weighted by Crippen LogP contribution is -2.13. The summed E-state index contributed by atoms with van der Waals surface area (Å²) in [5.74, 6) is -0.285. The van der Waals surface area contributed by atoms with Gasteiger partial charge in [0, 0.05) is 15.3 Å². The van der Waals surface area contributed by atoms with Gasteiger partial charge in [-0.15, -0.1) is 11.3 Å². The normalized spacial score (nSPS) is 11.1. The van der Waals surface area contributed by atoms with E-state index in [2.05, 4.69) is 21.5 Å². The second-order valence-corrected chi connectivity index (χ2v) is 8.13. The fourth-order valence-electron chi connectivity index (χ4n) is 3.05. The minimum Gasteiger partial charge on any atom is -0.335 e. The Morgan fingerprint density at radius 3 is 2.67 bits per heavy atom. The largest absolute Gasteiger partial charge is 0.335 e. The minimum atomic E-state index is -0.285. The van der Waals surface area contributed by atoms with Crippen molar-refractivity contribution in [2.75, 3.05) is 5.32 Å². The average Bonchev–Trinajstić information content (AvgIpc) is 3.18. The number of halogens is 1. The number of amides is 1. The summed E-state index contributed by atoms with van der Waals surface area (Å²) in [5.41, 5.74) is 3.64. The maximum Gasteiger partial charge on any atom is 0.259 e. The number of benzene rings is 1. The lowest BCUT2D eigenvalue weighted by molar-refractivity contribution is 0.102. The molecule has 0 radical (unpaired) electrons. The number of nitrogens with one attached hydrogen (secondary N) is 1. The summed E-state index contributed by atoms with van der Waals surface area (Å²) >= 11 is 7.87. The molecule has 7 heteroatoms. The number of nitrogens with zero attached hydrogens (tertiary/aromatic N) is 2. The zero-order valence-electron chi connectivity index (χ0n) is 15.0. The minimum absolute atomic E-state index is 0.285. The van der Waals surface area contributed by atoms with Gasteiger partial charge in [0.15, 0.2) is 0 Å². The fraction of sp³-hybridized carbons (Fsp3) is 0.150. The van der Waals surface area contributed by atoms with Crippen LogP contribution in [-0.4, -0.2) is 16.0 Å². The van der Waals surface area contributed by atoms with E-state index in [1.807, 2.05) is 26.0 Å². The Morgan fingerprint density at radius 2 is 1.96 bits per heavy atom. The van der Waals surface area contributed by atoms with Gasteiger partial charge in [0.25, 0.3) is 11.6 Å². The SMILES string of the molecule is Cc1cc(-c2cc(C(=O)Nc3ccccc3Cl)c3c(C)noc3n2)c(C)s1. The molecular formula is C20H16ClN3O2S. The molecule has 0 atom stereocenters. The maximum atomic E-state index is 13.0. The molecule has 0 saturated carbocycles. The van der Waals surface area contributed by atoms with Crippen LogP contribution in [0.15, 0.2) is 40.9 Å². The number of pyridine rings is 1. The van der Waals surface area contributed by atoms with E-state index in [1.54, 1.807) is 36.5 Å². The molecule has 0 spiro atoms. The highest BCUT2D eigenvalue weighted by atomic mass is 35.5. The third-order valence-electron chi connectivity index (χ3n) is 4.30. The number of aryl methyl sites for hydroxylation is 3. The van der Waals surface area contributed by atoms with E-state index in [-0.39, 0.29) is 5.91 Å². The average molecular weight is 398 g/mol. The highest BCUT2D eigenvalue weighted by molar-refractivity contribution is 7.12. The third kappa shape index (κ3) is 3.22. The molecule has 4 rings (SSSR count). The van der Waals surface area contributed by atoms with Crippen LogP contribution < -0.4 is 5.32 Å². The molecule has 0 aliphatic carbocycles. The van der Waals surface area contributed by atoms with Crippen LogP contribution in [0, 0.1) is 20.8 Å². The highest BCUT2D eigenvalue weighted by Crippen LogP contribution is 2.33. The van der Waals surface area contributed by atoms with Crippen LogP contribution in [0.3, 0.4) is 0 Å². The van der Waals surface area contributed by atoms with Crippen LogP contribution in [0.25, 0.3) is 22.4 Å². The van der Waals surface area contributed by atoms with E-state index in [0.29, 0.717) is 38.8 Å². The molecule has 27 heavy (non-hydrogen) atoms. The third-order valence-corrected chi connectivity index (χ3v) is 5.60. The molecule has 5 nitrogen and oxygen atoms in total. The van der Waals surface area contributed by atoms with Crippen molar-refractivity contribution in [2.45, 2.75) is 20.8 Å². The molecule has 0 bridgehead atoms. The smallest absolute Gasteiger partial charge is 0.259 e. The van der Waals surface area contributed by atoms with Gasteiger partial charge in [-0.2, -0.15) is 0 Å². The molecule has 0 saturated heterocycles. The molecular weight excluding hydrogens is 382 g/mol. The maximum absolute atomic E-state index is 13.0. The van der Waals surface area contributed by atoms with Gasteiger partial charge in [-0.3, -0.25) is 4.79 Å². The van der Waals surface area contributed by atoms with Crippen molar-refractivity contribution in [3.63, 3.8) is 0 Å². The van der Waals surface area contributed by atoms with E-state index in [9.17, 15) is 4.79 Å². The Kier molecular flexibility index (Phi) is 4.45. The van der Waals surface area contributed by atoms with Crippen molar-refractivity contribution >= 4 is 45.6 Å². The summed E-state index contributed by atoms with van der Waals surface area (Å²) in [6.45, 7) is 5.87. The van der Waals surface area contributed by atoms with Crippen molar-refractivity contribution in [1.29, 1.82) is 0 Å². The van der Waals surface area contributed by atoms with Gasteiger partial charge < -0.3 is 9.84 Å². The van der Waals surface area contributed by atoms with E-state index < -0.39 is 0 Å². The number of para-hydroxylation sites is 1. The Labute approximate surface area is 165 Å². The lowest BCUT2D eigenvalue weighted by atomic mass is 10.1. The Bertz CT molecular complexity index is 1180. The number of rotatable bonds is 3. The fourth-order valence-corrected chi connectivity index (χ4v) is 4.17. The van der Waals surface area contributed by atoms with Crippen molar-refractivity contribution in [3.05, 3.63) is 62.4 Å². The number of fused-ring (bicyclic) bond motifs is 1. The molecule has 1 amide bonds. The van der Waals surface area contributed by atoms with Crippen molar-refractivity contribution in [2.24, 2.45) is 0 Å². The van der Waals surface area contributed by atoms with E-state index in [4.69, 9.17) is 16.1 Å². The van der Waals surface area contributed by atoms with Crippen molar-refractivity contribution in [3.8, 4) is 11.3 Å². The van der Waals surface area contributed by atoms with Crippen LogP contribution in [0.5, 0.6) is 0 Å². The topological polar surface area (TPSA) is 68.0 Å². The number of carbonyl (C=O) groups is 1. The van der Waals surface area contributed by atoms with E-state index in [1.165, 1.54) is 4.88 Å². The summed E-state index contributed by atoms with van der Waals surface area (Å²) in [6.07, 6.45) is 0. The van der Waals surface area contributed by atoms with Gasteiger partial charge in [0.1, 0.15) is 0 Å². The van der Waals surface area contributed by atoms with Crippen molar-refractivity contribution in [1.82, 2.24) is 10.1 Å². The molecule has 3 aromatic heterocycles. The van der Waals surface area contributed by atoms with Crippen LogP contribution in [-0.2, 0) is 0 Å². The predicted octanol–water partition coefficient (Wildman–Crippen LogP) is 5.78. The molecule has 0 unspecified atom stereocenters. The summed E-state index contributed by atoms with van der Waals surface area (Å²) < 4.78 is 5.36. The first-order chi connectivity index (χ1) is 12.9. The number of thiophene rings is 1. The molecule has 3 heterocycles. The summed E-state index contributed by atoms with van der Waals surface area (Å²) in [6, 6.07) is 11.0. The van der Waals surface area contributed by atoms with Gasteiger partial charge in [0.2, 0.25) is 0 Å². The molecule has 0 aliphatic heterocycles. The molecule has 1 N–H and O–H groups in total. The lowest BCUT2D eigenvalue weighted by Gasteiger charge is -2.09. The van der Waals surface area contributed by atoms with Crippen molar-refractivity contribution < 1.29 is 9.32 Å². The number of aromatic nitrogens is 2. The first-order valence-corrected chi connectivity index (χ1v) is 9.54. The molecule has 0 aliphatic rings. The van der Waals surface area contributed by atoms with Gasteiger partial charge in [-0.25, -0.2) is 4.98 Å². The highest BCUT2D eigenvalue weighted by Gasteiger charge is 2.21. The van der Waals surface area contributed by atoms with Crippen LogP contribution in [0.1, 0.15) is 25.8 Å². The Hall–Kier alpha value is -2.70. The number of carbonyl (C=O) groups excluding carboxylic acids is 1. The van der Waals surface area contributed by atoms with Gasteiger partial charge in [-0.05, 0) is 45.0 Å². The monoisotopic (exact) mass is 397 g/mol.